The topological polar surface area (TPSA) is 13.1 Å². The van der Waals surface area contributed by atoms with E-state index in [-0.39, 0.29) is 5.41 Å². The summed E-state index contributed by atoms with van der Waals surface area (Å²) in [5, 5.41) is 9.94. The van der Waals surface area contributed by atoms with Crippen molar-refractivity contribution in [3.8, 4) is 33.6 Å². The van der Waals surface area contributed by atoms with Crippen LogP contribution in [0.2, 0.25) is 0 Å². The Hall–Kier alpha value is -8.66. The summed E-state index contributed by atoms with van der Waals surface area (Å²) in [5.74, 6) is 0. The molecule has 11 aromatic carbocycles. The van der Waals surface area contributed by atoms with Crippen LogP contribution in [0.3, 0.4) is 0 Å². The molecule has 0 saturated heterocycles. The predicted molar refractivity (Wildman–Crippen MR) is 288 cm³/mol. The maximum atomic E-state index is 2.47. The third-order valence-corrected chi connectivity index (χ3v) is 14.8. The van der Waals surface area contributed by atoms with E-state index in [1.807, 2.05) is 0 Å². The number of aromatic nitrogens is 2. The van der Waals surface area contributed by atoms with E-state index in [4.69, 9.17) is 0 Å². The summed E-state index contributed by atoms with van der Waals surface area (Å²) < 4.78 is 4.89. The van der Waals surface area contributed by atoms with Gasteiger partial charge in [-0.1, -0.05) is 153 Å². The lowest BCUT2D eigenvalue weighted by Crippen LogP contribution is -2.16. The van der Waals surface area contributed by atoms with Gasteiger partial charge in [-0.3, -0.25) is 0 Å². The zero-order valence-corrected chi connectivity index (χ0v) is 37.9. The van der Waals surface area contributed by atoms with Crippen LogP contribution in [0, 0.1) is 0 Å². The van der Waals surface area contributed by atoms with Gasteiger partial charge in [-0.05, 0) is 152 Å². The number of rotatable bonds is 6. The maximum Gasteiger partial charge on any atom is 0.0641 e. The fraction of sp³-hybridized carbons (Fsp3) is 0.0462. The van der Waals surface area contributed by atoms with Gasteiger partial charge in [-0.15, -0.1) is 0 Å². The Balaban J connectivity index is 0.931. The molecule has 3 heteroatoms. The minimum atomic E-state index is -0.118. The first-order valence-corrected chi connectivity index (χ1v) is 23.7. The highest BCUT2D eigenvalue weighted by Crippen LogP contribution is 2.51. The van der Waals surface area contributed by atoms with Crippen LogP contribution >= 0.6 is 0 Å². The second-order valence-corrected chi connectivity index (χ2v) is 19.0. The first-order chi connectivity index (χ1) is 33.5. The molecule has 2 heterocycles. The van der Waals surface area contributed by atoms with Crippen LogP contribution in [0.25, 0.3) is 98.8 Å². The first-order valence-electron chi connectivity index (χ1n) is 23.7. The Morgan fingerprint density at radius 3 is 1.71 bits per heavy atom. The SMILES string of the molecule is CC1(C)c2ccccc2-c2ccc(N(c3ccc(-c4ccc5c(c4)c4ccc6c(c7ccccc7n6-c6ccccc6)c4n5-c4ccccc4)cc3)c3ccc4cc5ccccc5cc4c3)cc21. The van der Waals surface area contributed by atoms with Gasteiger partial charge < -0.3 is 14.0 Å². The lowest BCUT2D eigenvalue weighted by molar-refractivity contribution is 0.660. The molecular weight excluding hydrogens is 823 g/mol. The summed E-state index contributed by atoms with van der Waals surface area (Å²) in [5.41, 5.74) is 18.1. The molecule has 1 aliphatic rings. The van der Waals surface area contributed by atoms with Gasteiger partial charge >= 0.3 is 0 Å². The Bertz CT molecular complexity index is 4160. The van der Waals surface area contributed by atoms with Gasteiger partial charge in [-0.25, -0.2) is 0 Å². The fourth-order valence-electron chi connectivity index (χ4n) is 11.6. The van der Waals surface area contributed by atoms with Gasteiger partial charge in [-0.2, -0.15) is 0 Å². The van der Waals surface area contributed by atoms with Crippen LogP contribution in [0.1, 0.15) is 25.0 Å². The molecule has 0 radical (unpaired) electrons. The normalized spacial score (nSPS) is 13.0. The van der Waals surface area contributed by atoms with E-state index >= 15 is 0 Å². The fourth-order valence-corrected chi connectivity index (χ4v) is 11.6. The summed E-state index contributed by atoms with van der Waals surface area (Å²) in [4.78, 5) is 2.44. The van der Waals surface area contributed by atoms with Crippen LogP contribution in [0.15, 0.2) is 237 Å². The molecule has 0 bridgehead atoms. The molecule has 13 aromatic rings. The number of hydrogen-bond donors (Lipinski definition) is 0. The molecule has 3 nitrogen and oxygen atoms in total. The summed E-state index contributed by atoms with van der Waals surface area (Å²) in [6.45, 7) is 4.73. The Labute approximate surface area is 395 Å². The molecule has 14 rings (SSSR count). The van der Waals surface area contributed by atoms with Gasteiger partial charge in [0.1, 0.15) is 0 Å². The molecule has 0 fully saturated rings. The van der Waals surface area contributed by atoms with Crippen molar-refractivity contribution in [1.29, 1.82) is 0 Å². The standard InChI is InChI=1S/C65H45N3/c1-65(2)58-23-13-11-21-53(58)54-33-32-52(41-59(54)65)66(51-31-27-45-37-43-15-9-10-16-44(43)38-47(45)39-51)50-29-25-42(26-30-50)46-28-35-61-57(40-46)55-34-36-62-63(64(55)68(61)49-19-7-4-8-20-49)56-22-12-14-24-60(56)67(62)48-17-5-3-6-18-48/h3-41H,1-2H3. The average Bonchev–Trinajstić information content (AvgIpc) is 3.99. The largest absolute Gasteiger partial charge is 0.310 e. The van der Waals surface area contributed by atoms with Crippen LogP contribution in [0.5, 0.6) is 0 Å². The second-order valence-electron chi connectivity index (χ2n) is 19.0. The van der Waals surface area contributed by atoms with Crippen molar-refractivity contribution in [1.82, 2.24) is 9.13 Å². The number of para-hydroxylation sites is 3. The van der Waals surface area contributed by atoms with Gasteiger partial charge in [0.05, 0.1) is 22.1 Å². The number of nitrogens with zero attached hydrogens (tertiary/aromatic N) is 3. The van der Waals surface area contributed by atoms with Crippen molar-refractivity contribution in [2.75, 3.05) is 4.90 Å². The highest BCUT2D eigenvalue weighted by molar-refractivity contribution is 6.26. The monoisotopic (exact) mass is 867 g/mol. The average molecular weight is 868 g/mol. The molecule has 68 heavy (non-hydrogen) atoms. The maximum absolute atomic E-state index is 2.47. The molecule has 0 N–H and O–H groups in total. The van der Waals surface area contributed by atoms with E-state index in [1.165, 1.54) is 98.5 Å². The van der Waals surface area contributed by atoms with Crippen LogP contribution in [0.4, 0.5) is 17.1 Å². The van der Waals surface area contributed by atoms with Gasteiger partial charge in [0.25, 0.3) is 0 Å². The molecule has 0 atom stereocenters. The van der Waals surface area contributed by atoms with Gasteiger partial charge in [0.2, 0.25) is 0 Å². The number of fused-ring (bicyclic) bond motifs is 12. The number of anilines is 3. The van der Waals surface area contributed by atoms with Crippen LogP contribution in [-0.2, 0) is 5.41 Å². The zero-order chi connectivity index (χ0) is 45.1. The minimum absolute atomic E-state index is 0.118. The van der Waals surface area contributed by atoms with E-state index in [2.05, 4.69) is 264 Å². The third-order valence-electron chi connectivity index (χ3n) is 14.8. The van der Waals surface area contributed by atoms with Gasteiger partial charge in [0, 0.05) is 55.4 Å². The molecule has 0 spiro atoms. The van der Waals surface area contributed by atoms with E-state index < -0.39 is 0 Å². The zero-order valence-electron chi connectivity index (χ0n) is 37.9. The lowest BCUT2D eigenvalue weighted by atomic mass is 9.82. The van der Waals surface area contributed by atoms with Crippen molar-refractivity contribution < 1.29 is 0 Å². The predicted octanol–water partition coefficient (Wildman–Crippen LogP) is 17.6. The Morgan fingerprint density at radius 1 is 0.338 bits per heavy atom. The third kappa shape index (κ3) is 5.72. The molecule has 0 unspecified atom stereocenters. The summed E-state index contributed by atoms with van der Waals surface area (Å²) >= 11 is 0. The van der Waals surface area contributed by atoms with Gasteiger partial charge in [0.15, 0.2) is 0 Å². The molecule has 2 aromatic heterocycles. The summed E-state index contributed by atoms with van der Waals surface area (Å²) in [6, 6.07) is 87.5. The first kappa shape index (κ1) is 38.6. The Kier molecular flexibility index (Phi) is 8.33. The second kappa shape index (κ2) is 14.7. The van der Waals surface area contributed by atoms with Crippen molar-refractivity contribution in [2.24, 2.45) is 0 Å². The molecule has 0 amide bonds. The van der Waals surface area contributed by atoms with Crippen LogP contribution < -0.4 is 4.90 Å². The summed E-state index contributed by atoms with van der Waals surface area (Å²) in [7, 11) is 0. The molecule has 1 aliphatic carbocycles. The summed E-state index contributed by atoms with van der Waals surface area (Å²) in [6.07, 6.45) is 0. The molecule has 320 valence electrons. The minimum Gasteiger partial charge on any atom is -0.310 e. The highest BCUT2D eigenvalue weighted by Gasteiger charge is 2.36. The van der Waals surface area contributed by atoms with Crippen molar-refractivity contribution in [3.63, 3.8) is 0 Å². The molecular formula is C65H45N3. The van der Waals surface area contributed by atoms with E-state index in [9.17, 15) is 0 Å². The van der Waals surface area contributed by atoms with E-state index in [0.29, 0.717) is 0 Å². The highest BCUT2D eigenvalue weighted by atomic mass is 15.1. The molecule has 0 aliphatic heterocycles. The molecule has 0 saturated carbocycles. The Morgan fingerprint density at radius 2 is 0.912 bits per heavy atom. The number of benzene rings is 11. The van der Waals surface area contributed by atoms with Crippen molar-refractivity contribution in [3.05, 3.63) is 248 Å². The van der Waals surface area contributed by atoms with E-state index in [1.54, 1.807) is 0 Å². The lowest BCUT2D eigenvalue weighted by Gasteiger charge is -2.28. The van der Waals surface area contributed by atoms with Crippen LogP contribution in [-0.4, -0.2) is 9.13 Å². The number of hydrogen-bond acceptors (Lipinski definition) is 1. The smallest absolute Gasteiger partial charge is 0.0641 e. The quantitative estimate of drug-likeness (QED) is 0.152. The van der Waals surface area contributed by atoms with Crippen molar-refractivity contribution >= 4 is 82.2 Å². The van der Waals surface area contributed by atoms with Crippen molar-refractivity contribution in [2.45, 2.75) is 19.3 Å². The van der Waals surface area contributed by atoms with E-state index in [0.717, 1.165) is 28.4 Å².